The van der Waals surface area contributed by atoms with Crippen molar-refractivity contribution < 1.29 is 33.4 Å². The molecule has 20 nitrogen and oxygen atoms in total. The fraction of sp³-hybridized carbons (Fsp3) is 0.378. The minimum absolute atomic E-state index is 0.00966. The zero-order valence-corrected chi connectivity index (χ0v) is 38.0. The van der Waals surface area contributed by atoms with Gasteiger partial charge >= 0.3 is 5.97 Å². The SMILES string of the molecule is CN(Cc1cnc2nc(N)nc(N)c2n1)c1ccc(C(=O)CC(CCC(=O)NCCOCCOCCCC(=O)c2sc(Nc3ncccn3)nc2-c2ccccn2)C(=O)OC(C)(C)C)cc1. The van der Waals surface area contributed by atoms with Crippen LogP contribution >= 0.6 is 11.3 Å². The van der Waals surface area contributed by atoms with Gasteiger partial charge in [0.2, 0.25) is 17.8 Å². The summed E-state index contributed by atoms with van der Waals surface area (Å²) in [6, 6.07) is 14.1. The number of aromatic nitrogens is 8. The van der Waals surface area contributed by atoms with Crippen LogP contribution in [-0.2, 0) is 30.3 Å². The summed E-state index contributed by atoms with van der Waals surface area (Å²) in [5, 5.41) is 6.33. The van der Waals surface area contributed by atoms with Crippen LogP contribution in [0.1, 0.15) is 78.6 Å². The van der Waals surface area contributed by atoms with E-state index in [4.69, 9.17) is 25.7 Å². The van der Waals surface area contributed by atoms with Crippen molar-refractivity contribution >= 4 is 74.5 Å². The van der Waals surface area contributed by atoms with Gasteiger partial charge in [0.05, 0.1) is 49.9 Å². The summed E-state index contributed by atoms with van der Waals surface area (Å²) in [7, 11) is 1.87. The highest BCUT2D eigenvalue weighted by Crippen LogP contribution is 2.32. The Balaban J connectivity index is 0.886. The molecule has 66 heavy (non-hydrogen) atoms. The number of esters is 1. The number of hydrogen-bond donors (Lipinski definition) is 4. The van der Waals surface area contributed by atoms with Crippen molar-refractivity contribution in [2.75, 3.05) is 61.7 Å². The van der Waals surface area contributed by atoms with Crippen molar-refractivity contribution in [3.8, 4) is 11.4 Å². The first kappa shape index (κ1) is 48.4. The van der Waals surface area contributed by atoms with E-state index in [0.717, 1.165) is 5.69 Å². The average molecular weight is 920 g/mol. The number of fused-ring (bicyclic) bond motifs is 1. The smallest absolute Gasteiger partial charge is 0.309 e. The summed E-state index contributed by atoms with van der Waals surface area (Å²) in [5.74, 6) is -1.47. The van der Waals surface area contributed by atoms with Gasteiger partial charge in [-0.05, 0) is 76.1 Å². The van der Waals surface area contributed by atoms with E-state index >= 15 is 0 Å². The number of nitrogen functional groups attached to an aromatic ring is 2. The van der Waals surface area contributed by atoms with Gasteiger partial charge in [-0.15, -0.1) is 0 Å². The first-order chi connectivity index (χ1) is 31.7. The third-order valence-electron chi connectivity index (χ3n) is 9.63. The molecule has 0 aliphatic rings. The number of benzene rings is 1. The molecule has 1 unspecified atom stereocenters. The molecule has 0 aliphatic carbocycles. The van der Waals surface area contributed by atoms with Gasteiger partial charge in [0.1, 0.15) is 16.2 Å². The first-order valence-corrected chi connectivity index (χ1v) is 22.1. The van der Waals surface area contributed by atoms with Crippen molar-refractivity contribution in [3.63, 3.8) is 0 Å². The van der Waals surface area contributed by atoms with Gasteiger partial charge in [0, 0.05) is 69.3 Å². The van der Waals surface area contributed by atoms with E-state index in [1.165, 1.54) is 11.3 Å². The van der Waals surface area contributed by atoms with Crippen LogP contribution in [0.15, 0.2) is 73.3 Å². The maximum absolute atomic E-state index is 13.5. The average Bonchev–Trinajstić information content (AvgIpc) is 3.72. The summed E-state index contributed by atoms with van der Waals surface area (Å²) in [5.41, 5.74) is 14.5. The van der Waals surface area contributed by atoms with Crippen LogP contribution in [0.4, 0.5) is 28.5 Å². The number of nitrogens with zero attached hydrogens (tertiary/aromatic N) is 9. The van der Waals surface area contributed by atoms with E-state index in [1.807, 2.05) is 18.0 Å². The molecule has 0 radical (unpaired) electrons. The van der Waals surface area contributed by atoms with E-state index in [9.17, 15) is 19.2 Å². The highest BCUT2D eigenvalue weighted by atomic mass is 32.1. The Bertz CT molecular complexity index is 2580. The van der Waals surface area contributed by atoms with Crippen LogP contribution < -0.4 is 27.0 Å². The Hall–Kier alpha value is -7.10. The lowest BCUT2D eigenvalue weighted by atomic mass is 9.93. The molecule has 6 aromatic rings. The van der Waals surface area contributed by atoms with Gasteiger partial charge < -0.3 is 41.2 Å². The third-order valence-corrected chi connectivity index (χ3v) is 10.6. The molecule has 1 atom stereocenters. The summed E-state index contributed by atoms with van der Waals surface area (Å²) in [6.07, 6.45) is 7.20. The molecule has 0 saturated heterocycles. The molecule has 346 valence electrons. The molecule has 0 aliphatic heterocycles. The van der Waals surface area contributed by atoms with Gasteiger partial charge in [-0.25, -0.2) is 24.9 Å². The van der Waals surface area contributed by atoms with E-state index < -0.39 is 17.5 Å². The largest absolute Gasteiger partial charge is 0.460 e. The minimum atomic E-state index is -0.833. The number of ether oxygens (including phenoxy) is 3. The quantitative estimate of drug-likeness (QED) is 0.0336. The number of rotatable bonds is 24. The molecular weight excluding hydrogens is 867 g/mol. The number of pyridine rings is 1. The number of ketones is 2. The third kappa shape index (κ3) is 14.5. The molecule has 21 heteroatoms. The number of hydrogen-bond acceptors (Lipinski definition) is 20. The topological polar surface area (TPSA) is 278 Å². The molecule has 6 rings (SSSR count). The lowest BCUT2D eigenvalue weighted by molar-refractivity contribution is -0.160. The Morgan fingerprint density at radius 3 is 2.29 bits per heavy atom. The number of nitrogens with two attached hydrogens (primary N) is 2. The predicted octanol–water partition coefficient (Wildman–Crippen LogP) is 5.40. The Labute approximate surface area is 385 Å². The van der Waals surface area contributed by atoms with E-state index in [1.54, 1.807) is 88.0 Å². The fourth-order valence-corrected chi connectivity index (χ4v) is 7.39. The number of anilines is 5. The number of carbonyl (C=O) groups is 4. The minimum Gasteiger partial charge on any atom is -0.460 e. The van der Waals surface area contributed by atoms with Crippen LogP contribution in [0.5, 0.6) is 0 Å². The molecule has 6 N–H and O–H groups in total. The van der Waals surface area contributed by atoms with Crippen LogP contribution in [0.3, 0.4) is 0 Å². The summed E-state index contributed by atoms with van der Waals surface area (Å²) >= 11 is 1.22. The number of carbonyl (C=O) groups excluding carboxylic acids is 4. The van der Waals surface area contributed by atoms with Crippen molar-refractivity contribution in [1.82, 2.24) is 45.2 Å². The Kier molecular flexibility index (Phi) is 17.0. The molecule has 1 amide bonds. The van der Waals surface area contributed by atoms with Crippen LogP contribution in [0.25, 0.3) is 22.6 Å². The lowest BCUT2D eigenvalue weighted by Crippen LogP contribution is -2.32. The molecule has 1 aromatic carbocycles. The molecular formula is C45H53N13O7S. The van der Waals surface area contributed by atoms with Gasteiger partial charge in [0.15, 0.2) is 33.7 Å². The molecule has 0 fully saturated rings. The maximum Gasteiger partial charge on any atom is 0.309 e. The van der Waals surface area contributed by atoms with Crippen LogP contribution in [0.2, 0.25) is 0 Å². The monoisotopic (exact) mass is 919 g/mol. The second kappa shape index (κ2) is 23.2. The van der Waals surface area contributed by atoms with E-state index in [2.05, 4.69) is 50.5 Å². The zero-order chi connectivity index (χ0) is 47.1. The van der Waals surface area contributed by atoms with Gasteiger partial charge in [-0.1, -0.05) is 17.4 Å². The molecule has 5 heterocycles. The molecule has 5 aromatic heterocycles. The number of amides is 1. The highest BCUT2D eigenvalue weighted by molar-refractivity contribution is 7.18. The number of thiazole rings is 1. The van der Waals surface area contributed by atoms with E-state index in [0.29, 0.717) is 82.6 Å². The van der Waals surface area contributed by atoms with Crippen LogP contribution in [0, 0.1) is 5.92 Å². The van der Waals surface area contributed by atoms with Gasteiger partial charge in [-0.3, -0.25) is 24.2 Å². The molecule has 0 saturated carbocycles. The second-order valence-corrected chi connectivity index (χ2v) is 17.0. The normalized spacial score (nSPS) is 11.8. The summed E-state index contributed by atoms with van der Waals surface area (Å²) in [6.45, 7) is 7.07. The molecule has 0 spiro atoms. The highest BCUT2D eigenvalue weighted by Gasteiger charge is 2.28. The predicted molar refractivity (Wildman–Crippen MR) is 249 cm³/mol. The number of nitrogens with one attached hydrogen (secondary N) is 2. The zero-order valence-electron chi connectivity index (χ0n) is 37.2. The van der Waals surface area contributed by atoms with Crippen LogP contribution in [-0.4, -0.2) is 109 Å². The number of Topliss-reactive ketones (excluding diaryl/α,β-unsaturated/α-hetero) is 2. The van der Waals surface area contributed by atoms with Crippen molar-refractivity contribution in [3.05, 3.63) is 89.5 Å². The summed E-state index contributed by atoms with van der Waals surface area (Å²) < 4.78 is 16.9. The van der Waals surface area contributed by atoms with Gasteiger partial charge in [-0.2, -0.15) is 9.97 Å². The van der Waals surface area contributed by atoms with E-state index in [-0.39, 0.29) is 68.1 Å². The van der Waals surface area contributed by atoms with Crippen molar-refractivity contribution in [2.45, 2.75) is 65.0 Å². The summed E-state index contributed by atoms with van der Waals surface area (Å²) in [4.78, 5) is 89.3. The standard InChI is InChI=1S/C45H53N13O7S/c1-45(2,3)65-41(62)29(25-34(60)28-11-14-31(15-12-28)58(4)27-30-26-52-40-37(53-30)39(46)55-42(47)56-40)13-16-35(61)49-20-22-64-24-23-63-21-7-10-33(59)38-36(32-9-5-6-17-48-32)54-44(66-38)57-43-50-18-8-19-51-43/h5-6,8-9,11-12,14-15,17-19,26,29H,7,10,13,16,20-25,27H2,1-4H3,(H,49,61)(H,50,51,54,57)(H4,46,47,52,55,56). The second-order valence-electron chi connectivity index (χ2n) is 16.0. The fourth-order valence-electron chi connectivity index (χ4n) is 6.45. The Morgan fingerprint density at radius 1 is 0.818 bits per heavy atom. The van der Waals surface area contributed by atoms with Crippen molar-refractivity contribution in [2.24, 2.45) is 5.92 Å². The van der Waals surface area contributed by atoms with Crippen molar-refractivity contribution in [1.29, 1.82) is 0 Å². The van der Waals surface area contributed by atoms with Gasteiger partial charge in [0.25, 0.3) is 0 Å². The Morgan fingerprint density at radius 2 is 1.56 bits per heavy atom. The lowest BCUT2D eigenvalue weighted by Gasteiger charge is -2.24. The molecule has 0 bridgehead atoms. The first-order valence-electron chi connectivity index (χ1n) is 21.3. The maximum atomic E-state index is 13.5.